The molecule has 64 heavy (non-hydrogen) atoms. The molecule has 0 aliphatic rings. The Kier molecular flexibility index (Phi) is 20.9. The number of rotatable bonds is 28. The Labute approximate surface area is 398 Å². The standard InChI is InChI=1S/C52H64Cl4O8/c1-5-9-13-17-21-25-61-49(57)33-29-37(53)43-45-39(55)31-35(51(59)63-27-23-19-15-11-7-3)42-36(52(60)64-28-24-20-16-12-8-4)32-40(56)46(48(42)45)44-38(54)30-34(41(33)47(43)44)50(58)62-26-22-18-14-10-6-2/h29-32H,5-28H2,1-4H3. The van der Waals surface area contributed by atoms with Gasteiger partial charge in [0.2, 0.25) is 0 Å². The van der Waals surface area contributed by atoms with Crippen LogP contribution in [-0.4, -0.2) is 50.3 Å². The summed E-state index contributed by atoms with van der Waals surface area (Å²) in [4.78, 5) is 56.6. The number of halogens is 4. The van der Waals surface area contributed by atoms with Crippen molar-refractivity contribution in [1.29, 1.82) is 0 Å². The third-order valence-corrected chi connectivity index (χ3v) is 13.1. The van der Waals surface area contributed by atoms with Crippen molar-refractivity contribution in [2.75, 3.05) is 26.4 Å². The van der Waals surface area contributed by atoms with E-state index in [9.17, 15) is 19.2 Å². The van der Waals surface area contributed by atoms with E-state index in [1.54, 1.807) is 0 Å². The van der Waals surface area contributed by atoms with Crippen LogP contribution in [0.5, 0.6) is 0 Å². The number of ether oxygens (including phenoxy) is 4. The smallest absolute Gasteiger partial charge is 0.338 e. The van der Waals surface area contributed by atoms with E-state index >= 15 is 0 Å². The second-order valence-corrected chi connectivity index (χ2v) is 18.5. The minimum Gasteiger partial charge on any atom is -0.462 e. The lowest BCUT2D eigenvalue weighted by atomic mass is 9.84. The van der Waals surface area contributed by atoms with Crippen molar-refractivity contribution in [3.8, 4) is 0 Å². The van der Waals surface area contributed by atoms with Crippen LogP contribution in [0.1, 0.15) is 198 Å². The van der Waals surface area contributed by atoms with Gasteiger partial charge in [-0.25, -0.2) is 19.2 Å². The zero-order valence-electron chi connectivity index (χ0n) is 38.1. The predicted molar refractivity (Wildman–Crippen MR) is 264 cm³/mol. The van der Waals surface area contributed by atoms with Gasteiger partial charge in [-0.2, -0.15) is 0 Å². The highest BCUT2D eigenvalue weighted by Gasteiger charge is 2.32. The van der Waals surface area contributed by atoms with Gasteiger partial charge in [0.25, 0.3) is 0 Å². The molecular formula is C52H64Cl4O8. The Morgan fingerprint density at radius 1 is 0.312 bits per heavy atom. The molecule has 0 saturated heterocycles. The van der Waals surface area contributed by atoms with E-state index in [0.29, 0.717) is 58.0 Å². The van der Waals surface area contributed by atoms with Crippen LogP contribution in [0, 0.1) is 0 Å². The molecule has 0 aromatic heterocycles. The van der Waals surface area contributed by atoms with Crippen LogP contribution < -0.4 is 0 Å². The highest BCUT2D eigenvalue weighted by Crippen LogP contribution is 2.52. The minimum absolute atomic E-state index is 0.0512. The van der Waals surface area contributed by atoms with E-state index < -0.39 is 23.9 Å². The van der Waals surface area contributed by atoms with E-state index in [-0.39, 0.29) is 79.5 Å². The van der Waals surface area contributed by atoms with Gasteiger partial charge in [-0.05, 0) is 49.9 Å². The number of unbranched alkanes of at least 4 members (excludes halogenated alkanes) is 16. The fraction of sp³-hybridized carbons (Fsp3) is 0.538. The van der Waals surface area contributed by atoms with Gasteiger partial charge in [0, 0.05) is 63.2 Å². The average molecular weight is 959 g/mol. The third-order valence-electron chi connectivity index (χ3n) is 11.9. The molecule has 0 fully saturated rings. The van der Waals surface area contributed by atoms with Crippen molar-refractivity contribution >= 4 is 113 Å². The van der Waals surface area contributed by atoms with Crippen molar-refractivity contribution in [3.05, 3.63) is 66.6 Å². The Morgan fingerprint density at radius 2 is 0.516 bits per heavy atom. The number of esters is 4. The first-order valence-corrected chi connectivity index (χ1v) is 25.2. The lowest BCUT2D eigenvalue weighted by Crippen LogP contribution is -2.14. The molecule has 8 nitrogen and oxygen atoms in total. The number of fused-ring (bicyclic) bond motifs is 2. The van der Waals surface area contributed by atoms with Crippen molar-refractivity contribution in [2.45, 2.75) is 156 Å². The molecule has 5 aromatic rings. The first-order valence-electron chi connectivity index (χ1n) is 23.7. The van der Waals surface area contributed by atoms with Gasteiger partial charge in [0.15, 0.2) is 0 Å². The molecule has 0 N–H and O–H groups in total. The first kappa shape index (κ1) is 51.4. The minimum atomic E-state index is -0.667. The maximum absolute atomic E-state index is 14.2. The average Bonchev–Trinajstić information content (AvgIpc) is 3.28. The summed E-state index contributed by atoms with van der Waals surface area (Å²) >= 11 is 29.1. The maximum atomic E-state index is 14.2. The molecule has 0 unspecified atom stereocenters. The van der Waals surface area contributed by atoms with Crippen molar-refractivity contribution in [2.24, 2.45) is 0 Å². The van der Waals surface area contributed by atoms with Crippen LogP contribution >= 0.6 is 46.4 Å². The van der Waals surface area contributed by atoms with E-state index in [1.165, 1.54) is 24.3 Å². The molecule has 0 aliphatic heterocycles. The molecule has 0 atom stereocenters. The number of hydrogen-bond acceptors (Lipinski definition) is 8. The fourth-order valence-electron chi connectivity index (χ4n) is 8.56. The molecule has 0 bridgehead atoms. The zero-order chi connectivity index (χ0) is 46.2. The fourth-order valence-corrected chi connectivity index (χ4v) is 9.75. The number of carbonyl (C=O) groups is 4. The van der Waals surface area contributed by atoms with Gasteiger partial charge in [-0.3, -0.25) is 0 Å². The summed E-state index contributed by atoms with van der Waals surface area (Å²) in [5.41, 5.74) is 0.205. The van der Waals surface area contributed by atoms with Crippen LogP contribution in [0.3, 0.4) is 0 Å². The van der Waals surface area contributed by atoms with Gasteiger partial charge in [-0.1, -0.05) is 177 Å². The highest BCUT2D eigenvalue weighted by molar-refractivity contribution is 6.55. The lowest BCUT2D eigenvalue weighted by Gasteiger charge is -2.23. The van der Waals surface area contributed by atoms with Crippen LogP contribution in [-0.2, 0) is 18.9 Å². The van der Waals surface area contributed by atoms with Crippen LogP contribution in [0.15, 0.2) is 24.3 Å². The molecular weight excluding hydrogens is 894 g/mol. The lowest BCUT2D eigenvalue weighted by molar-refractivity contribution is 0.0483. The summed E-state index contributed by atoms with van der Waals surface area (Å²) in [7, 11) is 0. The number of carbonyl (C=O) groups excluding carboxylic acids is 4. The Morgan fingerprint density at radius 3 is 0.719 bits per heavy atom. The molecule has 0 aliphatic carbocycles. The zero-order valence-corrected chi connectivity index (χ0v) is 41.1. The second kappa shape index (κ2) is 26.0. The van der Waals surface area contributed by atoms with E-state index in [4.69, 9.17) is 65.4 Å². The second-order valence-electron chi connectivity index (χ2n) is 16.8. The summed E-state index contributed by atoms with van der Waals surface area (Å²) in [5.74, 6) is -2.67. The number of hydrogen-bond donors (Lipinski definition) is 0. The van der Waals surface area contributed by atoms with E-state index in [2.05, 4.69) is 27.7 Å². The van der Waals surface area contributed by atoms with Crippen LogP contribution in [0.4, 0.5) is 0 Å². The molecule has 0 radical (unpaired) electrons. The molecule has 0 saturated carbocycles. The molecule has 12 heteroatoms. The van der Waals surface area contributed by atoms with Crippen LogP contribution in [0.2, 0.25) is 20.1 Å². The Hall–Kier alpha value is -3.56. The first-order chi connectivity index (χ1) is 31.0. The van der Waals surface area contributed by atoms with E-state index in [0.717, 1.165) is 103 Å². The monoisotopic (exact) mass is 956 g/mol. The molecule has 5 rings (SSSR count). The van der Waals surface area contributed by atoms with Crippen LogP contribution in [0.25, 0.3) is 43.1 Å². The summed E-state index contributed by atoms with van der Waals surface area (Å²) in [6, 6.07) is 5.90. The molecule has 0 spiro atoms. The normalized spacial score (nSPS) is 11.6. The Bertz CT molecular complexity index is 2070. The summed E-state index contributed by atoms with van der Waals surface area (Å²) in [6.07, 6.45) is 19.1. The molecule has 0 heterocycles. The SMILES string of the molecule is CCCCCCCOC(=O)c1cc(Cl)c2c3c(Cl)cc(C(=O)OCCCCCCC)c4c(C(=O)OCCCCCCC)cc(Cl)c(c5c(Cl)cc(C(=O)OCCCCCCC)c1c25)c43. The number of benzene rings is 5. The maximum Gasteiger partial charge on any atom is 0.338 e. The third kappa shape index (κ3) is 12.5. The summed E-state index contributed by atoms with van der Waals surface area (Å²) < 4.78 is 23.4. The molecule has 5 aromatic carbocycles. The van der Waals surface area contributed by atoms with Crippen molar-refractivity contribution in [1.82, 2.24) is 0 Å². The quantitative estimate of drug-likeness (QED) is 0.0160. The van der Waals surface area contributed by atoms with Gasteiger partial charge in [-0.15, -0.1) is 0 Å². The van der Waals surface area contributed by atoms with Gasteiger partial charge in [0.05, 0.1) is 48.7 Å². The van der Waals surface area contributed by atoms with Crippen molar-refractivity contribution < 1.29 is 38.1 Å². The highest BCUT2D eigenvalue weighted by atomic mass is 35.5. The van der Waals surface area contributed by atoms with Gasteiger partial charge in [0.1, 0.15) is 0 Å². The topological polar surface area (TPSA) is 105 Å². The Balaban J connectivity index is 1.77. The summed E-state index contributed by atoms with van der Waals surface area (Å²) in [6.45, 7) is 9.25. The largest absolute Gasteiger partial charge is 0.462 e. The molecule has 0 amide bonds. The van der Waals surface area contributed by atoms with Gasteiger partial charge < -0.3 is 18.9 Å². The summed E-state index contributed by atoms with van der Waals surface area (Å²) in [5, 5.41) is 2.90. The molecule has 348 valence electrons. The van der Waals surface area contributed by atoms with Crippen molar-refractivity contribution in [3.63, 3.8) is 0 Å². The van der Waals surface area contributed by atoms with E-state index in [1.807, 2.05) is 0 Å². The van der Waals surface area contributed by atoms with Gasteiger partial charge >= 0.3 is 23.9 Å². The predicted octanol–water partition coefficient (Wildman–Crippen LogP) is 16.9.